The lowest BCUT2D eigenvalue weighted by atomic mass is 9.49. The second kappa shape index (κ2) is 6.46. The van der Waals surface area contributed by atoms with Crippen molar-refractivity contribution in [2.24, 2.45) is 29.1 Å². The first kappa shape index (κ1) is 17.5. The van der Waals surface area contributed by atoms with Crippen LogP contribution in [0.4, 0.5) is 0 Å². The maximum Gasteiger partial charge on any atom is 0.233 e. The smallest absolute Gasteiger partial charge is 0.233 e. The molecule has 1 saturated heterocycles. The van der Waals surface area contributed by atoms with E-state index in [2.05, 4.69) is 25.1 Å². The topological polar surface area (TPSA) is 37.4 Å². The quantitative estimate of drug-likeness (QED) is 0.720. The van der Waals surface area contributed by atoms with Crippen molar-refractivity contribution in [2.45, 2.75) is 64.7 Å². The summed E-state index contributed by atoms with van der Waals surface area (Å²) >= 11 is 0. The van der Waals surface area contributed by atoms with Crippen LogP contribution >= 0.6 is 0 Å². The average molecular weight is 366 g/mol. The minimum atomic E-state index is -0.157. The standard InChI is InChI=1S/C24H31NO2/c1-16-3-2-4-17(7-16)11-21-12-22(26)25(23(21)27)6-5-24-13-18-8-19(14-24)10-20(9-18)15-24/h2-4,7,18-21H,5-6,8-15H2,1H3. The molecular weight excluding hydrogens is 334 g/mol. The van der Waals surface area contributed by atoms with Gasteiger partial charge in [-0.1, -0.05) is 29.8 Å². The van der Waals surface area contributed by atoms with E-state index in [1.165, 1.54) is 49.7 Å². The maximum atomic E-state index is 12.9. The first-order valence-corrected chi connectivity index (χ1v) is 10.9. The van der Waals surface area contributed by atoms with E-state index in [0.29, 0.717) is 24.8 Å². The molecular formula is C24H31NO2. The Balaban J connectivity index is 1.23. The van der Waals surface area contributed by atoms with Gasteiger partial charge in [0.05, 0.1) is 5.92 Å². The minimum Gasteiger partial charge on any atom is -0.282 e. The van der Waals surface area contributed by atoms with E-state index in [1.54, 1.807) is 4.90 Å². The summed E-state index contributed by atoms with van der Waals surface area (Å²) in [5.74, 6) is 2.75. The number of carbonyl (C=O) groups excluding carboxylic acids is 2. The number of hydrogen-bond acceptors (Lipinski definition) is 2. The van der Waals surface area contributed by atoms with E-state index in [-0.39, 0.29) is 17.7 Å². The Morgan fingerprint density at radius 2 is 1.70 bits per heavy atom. The van der Waals surface area contributed by atoms with Crippen molar-refractivity contribution in [3.8, 4) is 0 Å². The molecule has 1 heterocycles. The molecule has 4 saturated carbocycles. The molecule has 5 fully saturated rings. The Morgan fingerprint density at radius 1 is 1.04 bits per heavy atom. The third-order valence-corrected chi connectivity index (χ3v) is 7.93. The average Bonchev–Trinajstić information content (AvgIpc) is 2.85. The van der Waals surface area contributed by atoms with Crippen LogP contribution in [0, 0.1) is 36.0 Å². The van der Waals surface area contributed by atoms with Crippen molar-refractivity contribution in [1.29, 1.82) is 0 Å². The number of hydrogen-bond donors (Lipinski definition) is 0. The number of imide groups is 1. The summed E-state index contributed by atoms with van der Waals surface area (Å²) in [5.41, 5.74) is 2.82. The number of carbonyl (C=O) groups is 2. The van der Waals surface area contributed by atoms with Crippen LogP contribution < -0.4 is 0 Å². The Labute approximate surface area is 162 Å². The van der Waals surface area contributed by atoms with Crippen LogP contribution in [0.2, 0.25) is 0 Å². The Morgan fingerprint density at radius 3 is 2.33 bits per heavy atom. The van der Waals surface area contributed by atoms with Gasteiger partial charge in [0, 0.05) is 13.0 Å². The van der Waals surface area contributed by atoms with Crippen molar-refractivity contribution < 1.29 is 9.59 Å². The summed E-state index contributed by atoms with van der Waals surface area (Å²) in [6.07, 6.45) is 10.5. The molecule has 1 aliphatic heterocycles. The highest BCUT2D eigenvalue weighted by atomic mass is 16.2. The molecule has 0 spiro atoms. The zero-order chi connectivity index (χ0) is 18.6. The van der Waals surface area contributed by atoms with Gasteiger partial charge in [-0.3, -0.25) is 14.5 Å². The van der Waals surface area contributed by atoms with Gasteiger partial charge in [0.1, 0.15) is 0 Å². The fourth-order valence-corrected chi connectivity index (χ4v) is 7.21. The van der Waals surface area contributed by atoms with Crippen molar-refractivity contribution in [3.05, 3.63) is 35.4 Å². The second-order valence-corrected chi connectivity index (χ2v) is 10.1. The summed E-state index contributed by atoms with van der Waals surface area (Å²) in [5, 5.41) is 0. The molecule has 3 heteroatoms. The highest BCUT2D eigenvalue weighted by molar-refractivity contribution is 6.03. The first-order chi connectivity index (χ1) is 13.0. The normalized spacial score (nSPS) is 37.4. The van der Waals surface area contributed by atoms with Crippen LogP contribution in [-0.2, 0) is 16.0 Å². The van der Waals surface area contributed by atoms with Gasteiger partial charge in [-0.15, -0.1) is 0 Å². The Kier molecular flexibility index (Phi) is 4.18. The van der Waals surface area contributed by atoms with Gasteiger partial charge in [0.25, 0.3) is 0 Å². The van der Waals surface area contributed by atoms with E-state index >= 15 is 0 Å². The second-order valence-electron chi connectivity index (χ2n) is 10.1. The van der Waals surface area contributed by atoms with E-state index in [0.717, 1.165) is 24.2 Å². The fourth-order valence-electron chi connectivity index (χ4n) is 7.21. The lowest BCUT2D eigenvalue weighted by Crippen LogP contribution is -2.47. The van der Waals surface area contributed by atoms with Crippen molar-refractivity contribution in [2.75, 3.05) is 6.54 Å². The molecule has 1 aromatic carbocycles. The van der Waals surface area contributed by atoms with Crippen LogP contribution in [0.3, 0.4) is 0 Å². The summed E-state index contributed by atoms with van der Waals surface area (Å²) in [7, 11) is 0. The molecule has 6 rings (SSSR count). The molecule has 1 aromatic rings. The van der Waals surface area contributed by atoms with Gasteiger partial charge < -0.3 is 0 Å². The highest BCUT2D eigenvalue weighted by Crippen LogP contribution is 2.61. The predicted molar refractivity (Wildman–Crippen MR) is 105 cm³/mol. The van der Waals surface area contributed by atoms with Gasteiger partial charge >= 0.3 is 0 Å². The molecule has 2 amide bonds. The van der Waals surface area contributed by atoms with Crippen molar-refractivity contribution >= 4 is 11.8 Å². The number of rotatable bonds is 5. The summed E-state index contributed by atoms with van der Waals surface area (Å²) < 4.78 is 0. The van der Waals surface area contributed by atoms with Crippen LogP contribution in [0.5, 0.6) is 0 Å². The Hall–Kier alpha value is -1.64. The first-order valence-electron chi connectivity index (χ1n) is 10.9. The van der Waals surface area contributed by atoms with Gasteiger partial charge in [-0.05, 0) is 87.0 Å². The van der Waals surface area contributed by atoms with Gasteiger partial charge in [-0.25, -0.2) is 0 Å². The van der Waals surface area contributed by atoms with Gasteiger partial charge in [-0.2, -0.15) is 0 Å². The van der Waals surface area contributed by atoms with Gasteiger partial charge in [0.15, 0.2) is 0 Å². The van der Waals surface area contributed by atoms with Crippen LogP contribution in [0.15, 0.2) is 24.3 Å². The zero-order valence-electron chi connectivity index (χ0n) is 16.5. The predicted octanol–water partition coefficient (Wildman–Crippen LogP) is 4.52. The van der Waals surface area contributed by atoms with Crippen LogP contribution in [-0.4, -0.2) is 23.3 Å². The largest absolute Gasteiger partial charge is 0.282 e. The van der Waals surface area contributed by atoms with E-state index in [1.807, 2.05) is 6.07 Å². The van der Waals surface area contributed by atoms with Crippen molar-refractivity contribution in [1.82, 2.24) is 4.90 Å². The third-order valence-electron chi connectivity index (χ3n) is 7.93. The zero-order valence-corrected chi connectivity index (χ0v) is 16.5. The monoisotopic (exact) mass is 365 g/mol. The Bertz CT molecular complexity index is 732. The molecule has 1 unspecified atom stereocenters. The van der Waals surface area contributed by atoms with Crippen molar-refractivity contribution in [3.63, 3.8) is 0 Å². The fraction of sp³-hybridized carbons (Fsp3) is 0.667. The van der Waals surface area contributed by atoms with E-state index in [4.69, 9.17) is 0 Å². The SMILES string of the molecule is Cc1cccc(CC2CC(=O)N(CCC34CC5CC(CC(C5)C3)C4)C2=O)c1. The number of likely N-dealkylation sites (tertiary alicyclic amines) is 1. The number of nitrogens with zero attached hydrogens (tertiary/aromatic N) is 1. The van der Waals surface area contributed by atoms with Crippen LogP contribution in [0.25, 0.3) is 0 Å². The van der Waals surface area contributed by atoms with Crippen LogP contribution in [0.1, 0.15) is 62.5 Å². The summed E-state index contributed by atoms with van der Waals surface area (Å²) in [6.45, 7) is 2.73. The number of aryl methyl sites for hydroxylation is 1. The molecule has 0 aromatic heterocycles. The molecule has 144 valence electrons. The molecule has 4 bridgehead atoms. The molecule has 5 aliphatic rings. The van der Waals surface area contributed by atoms with Gasteiger partial charge in [0.2, 0.25) is 11.8 Å². The molecule has 4 aliphatic carbocycles. The van der Waals surface area contributed by atoms with E-state index < -0.39 is 0 Å². The lowest BCUT2D eigenvalue weighted by molar-refractivity contribution is -0.140. The summed E-state index contributed by atoms with van der Waals surface area (Å²) in [6, 6.07) is 8.32. The molecule has 0 radical (unpaired) electrons. The molecule has 27 heavy (non-hydrogen) atoms. The summed E-state index contributed by atoms with van der Waals surface area (Å²) in [4.78, 5) is 27.1. The molecule has 3 nitrogen and oxygen atoms in total. The molecule has 1 atom stereocenters. The highest BCUT2D eigenvalue weighted by Gasteiger charge is 2.51. The lowest BCUT2D eigenvalue weighted by Gasteiger charge is -2.57. The molecule has 0 N–H and O–H groups in total. The van der Waals surface area contributed by atoms with E-state index in [9.17, 15) is 9.59 Å². The maximum absolute atomic E-state index is 12.9. The minimum absolute atomic E-state index is 0.0578. The number of benzene rings is 1. The third kappa shape index (κ3) is 3.23. The number of amides is 2.